The summed E-state index contributed by atoms with van der Waals surface area (Å²) in [5.74, 6) is -3.12. The van der Waals surface area contributed by atoms with Crippen LogP contribution >= 0.6 is 0 Å². The van der Waals surface area contributed by atoms with Gasteiger partial charge in [-0.25, -0.2) is 13.6 Å². The number of hydrogen-bond donors (Lipinski definition) is 2. The minimum atomic E-state index is -2.69. The van der Waals surface area contributed by atoms with Crippen LogP contribution in [0.15, 0.2) is 24.3 Å². The molecule has 0 aromatic heterocycles. The zero-order valence-corrected chi connectivity index (χ0v) is 18.0. The number of carbonyl (C=O) groups is 3. The largest absolute Gasteiger partial charge is 0.490 e. The van der Waals surface area contributed by atoms with Crippen molar-refractivity contribution in [2.24, 2.45) is 5.92 Å². The van der Waals surface area contributed by atoms with Crippen LogP contribution in [0.4, 0.5) is 13.6 Å². The number of amides is 2. The summed E-state index contributed by atoms with van der Waals surface area (Å²) in [4.78, 5) is 36.8. The number of ketones is 1. The molecule has 0 bridgehead atoms. The monoisotopic (exact) mass is 452 g/mol. The number of ether oxygens (including phenoxy) is 1. The van der Waals surface area contributed by atoms with Gasteiger partial charge in [-0.1, -0.05) is 0 Å². The Balaban J connectivity index is 1.34. The van der Waals surface area contributed by atoms with E-state index in [2.05, 4.69) is 5.32 Å². The van der Waals surface area contributed by atoms with E-state index in [-0.39, 0.29) is 56.2 Å². The number of Topliss-reactive ketones (excluding diaryl/α,β-unsaturated/α-hetero) is 1. The minimum Gasteiger partial charge on any atom is -0.490 e. The first-order valence-corrected chi connectivity index (χ1v) is 11.2. The fraction of sp³-hybridized carbons (Fsp3) is 0.609. The van der Waals surface area contributed by atoms with Gasteiger partial charge in [0.15, 0.2) is 5.78 Å². The van der Waals surface area contributed by atoms with Crippen molar-refractivity contribution in [1.82, 2.24) is 10.2 Å². The predicted molar refractivity (Wildman–Crippen MR) is 113 cm³/mol. The maximum Gasteiger partial charge on any atom is 0.317 e. The second-order valence-corrected chi connectivity index (χ2v) is 8.56. The number of nitrogens with one attached hydrogen (secondary N) is 1. The van der Waals surface area contributed by atoms with E-state index in [1.165, 1.54) is 4.90 Å². The van der Waals surface area contributed by atoms with Crippen molar-refractivity contribution in [2.75, 3.05) is 19.6 Å². The van der Waals surface area contributed by atoms with Crippen LogP contribution in [0.25, 0.3) is 0 Å². The Hall–Kier alpha value is -2.71. The first-order valence-electron chi connectivity index (χ1n) is 11.2. The maximum absolute atomic E-state index is 13.2. The Labute approximate surface area is 186 Å². The third-order valence-corrected chi connectivity index (χ3v) is 6.14. The second kappa shape index (κ2) is 10.7. The van der Waals surface area contributed by atoms with Gasteiger partial charge in [0.25, 0.3) is 5.92 Å². The van der Waals surface area contributed by atoms with E-state index >= 15 is 0 Å². The highest BCUT2D eigenvalue weighted by Crippen LogP contribution is 2.29. The smallest absolute Gasteiger partial charge is 0.317 e. The van der Waals surface area contributed by atoms with E-state index in [1.54, 1.807) is 24.3 Å². The van der Waals surface area contributed by atoms with Crippen LogP contribution in [0.5, 0.6) is 5.75 Å². The van der Waals surface area contributed by atoms with Gasteiger partial charge in [0.2, 0.25) is 0 Å². The molecule has 1 saturated heterocycles. The molecule has 1 aliphatic heterocycles. The summed E-state index contributed by atoms with van der Waals surface area (Å²) < 4.78 is 32.2. The van der Waals surface area contributed by atoms with Crippen LogP contribution in [-0.2, 0) is 4.79 Å². The molecule has 1 aromatic carbocycles. The summed E-state index contributed by atoms with van der Waals surface area (Å²) in [5.41, 5.74) is 0.552. The van der Waals surface area contributed by atoms with Gasteiger partial charge in [-0.2, -0.15) is 0 Å². The summed E-state index contributed by atoms with van der Waals surface area (Å²) in [6, 6.07) is 6.52. The standard InChI is InChI=1S/C23H30F2N2O5/c24-23(25)11-14-27(15-12-23)22(31)26-13-1-2-20(28)16-3-7-18(8-4-16)32-19-9-5-17(6-10-19)21(29)30/h3-4,7-8,17,19H,1-2,5-6,9-15H2,(H,26,31)(H,29,30). The molecule has 9 heteroatoms. The van der Waals surface area contributed by atoms with Gasteiger partial charge < -0.3 is 20.1 Å². The molecule has 2 N–H and O–H groups in total. The number of nitrogens with zero attached hydrogens (tertiary/aromatic N) is 1. The van der Waals surface area contributed by atoms with Gasteiger partial charge in [-0.3, -0.25) is 9.59 Å². The zero-order valence-electron chi connectivity index (χ0n) is 18.0. The summed E-state index contributed by atoms with van der Waals surface area (Å²) in [5, 5.41) is 11.7. The predicted octanol–water partition coefficient (Wildman–Crippen LogP) is 4.11. The number of halogens is 2. The molecule has 0 unspecified atom stereocenters. The molecule has 1 heterocycles. The molecule has 1 saturated carbocycles. The fourth-order valence-electron chi connectivity index (χ4n) is 4.08. The molecule has 0 radical (unpaired) electrons. The van der Waals surface area contributed by atoms with Crippen LogP contribution in [0, 0.1) is 5.92 Å². The van der Waals surface area contributed by atoms with Gasteiger partial charge in [-0.15, -0.1) is 0 Å². The number of piperidine rings is 1. The number of aliphatic carboxylic acids is 1. The Morgan fingerprint density at radius 1 is 1.06 bits per heavy atom. The van der Waals surface area contributed by atoms with Gasteiger partial charge in [0, 0.05) is 44.5 Å². The number of carbonyl (C=O) groups excluding carboxylic acids is 2. The van der Waals surface area contributed by atoms with Crippen molar-refractivity contribution in [1.29, 1.82) is 0 Å². The summed E-state index contributed by atoms with van der Waals surface area (Å²) in [6.45, 7) is 0.373. The SMILES string of the molecule is O=C(CCCNC(=O)N1CCC(F)(F)CC1)c1ccc(OC2CCC(C(=O)O)CC2)cc1. The van der Waals surface area contributed by atoms with Gasteiger partial charge >= 0.3 is 12.0 Å². The Morgan fingerprint density at radius 3 is 2.28 bits per heavy atom. The number of benzene rings is 1. The number of carboxylic acid groups (broad SMARTS) is 1. The van der Waals surface area contributed by atoms with Crippen LogP contribution in [0.3, 0.4) is 0 Å². The number of hydrogen-bond acceptors (Lipinski definition) is 4. The molecule has 2 aliphatic rings. The van der Waals surface area contributed by atoms with E-state index in [0.29, 0.717) is 50.0 Å². The highest BCUT2D eigenvalue weighted by molar-refractivity contribution is 5.96. The van der Waals surface area contributed by atoms with Gasteiger partial charge in [0.1, 0.15) is 5.75 Å². The molecule has 2 amide bonds. The molecular formula is C23H30F2N2O5. The summed E-state index contributed by atoms with van der Waals surface area (Å²) >= 11 is 0. The average molecular weight is 452 g/mol. The lowest BCUT2D eigenvalue weighted by molar-refractivity contribution is -0.143. The third-order valence-electron chi connectivity index (χ3n) is 6.14. The third kappa shape index (κ3) is 6.90. The molecule has 32 heavy (non-hydrogen) atoms. The van der Waals surface area contributed by atoms with E-state index in [4.69, 9.17) is 9.84 Å². The molecule has 1 aromatic rings. The van der Waals surface area contributed by atoms with E-state index in [9.17, 15) is 23.2 Å². The number of carboxylic acids is 1. The van der Waals surface area contributed by atoms with Crippen molar-refractivity contribution in [3.05, 3.63) is 29.8 Å². The lowest BCUT2D eigenvalue weighted by atomic mass is 9.87. The lowest BCUT2D eigenvalue weighted by Gasteiger charge is -2.31. The quantitative estimate of drug-likeness (QED) is 0.457. The molecule has 3 rings (SSSR count). The van der Waals surface area contributed by atoms with Crippen molar-refractivity contribution < 1.29 is 33.0 Å². The molecule has 0 atom stereocenters. The Kier molecular flexibility index (Phi) is 8.04. The van der Waals surface area contributed by atoms with Crippen molar-refractivity contribution in [2.45, 2.75) is 63.4 Å². The molecule has 1 aliphatic carbocycles. The number of urea groups is 1. The van der Waals surface area contributed by atoms with Gasteiger partial charge in [0.05, 0.1) is 12.0 Å². The van der Waals surface area contributed by atoms with E-state index in [1.807, 2.05) is 0 Å². The normalized spacial score (nSPS) is 22.8. The summed E-state index contributed by atoms with van der Waals surface area (Å²) in [7, 11) is 0. The topological polar surface area (TPSA) is 95.9 Å². The number of likely N-dealkylation sites (tertiary alicyclic amines) is 1. The van der Waals surface area contributed by atoms with Crippen LogP contribution in [0.2, 0.25) is 0 Å². The first-order chi connectivity index (χ1) is 15.2. The first kappa shape index (κ1) is 23.9. The average Bonchev–Trinajstić information content (AvgIpc) is 2.77. The molecule has 7 nitrogen and oxygen atoms in total. The van der Waals surface area contributed by atoms with Crippen LogP contribution < -0.4 is 10.1 Å². The molecular weight excluding hydrogens is 422 g/mol. The zero-order chi connectivity index (χ0) is 23.1. The number of rotatable bonds is 8. The van der Waals surface area contributed by atoms with E-state index in [0.717, 1.165) is 0 Å². The van der Waals surface area contributed by atoms with Crippen molar-refractivity contribution in [3.63, 3.8) is 0 Å². The Bertz CT molecular complexity index is 797. The van der Waals surface area contributed by atoms with Crippen molar-refractivity contribution >= 4 is 17.8 Å². The van der Waals surface area contributed by atoms with Crippen LogP contribution in [-0.4, -0.2) is 59.5 Å². The minimum absolute atomic E-state index is 0.0121. The molecule has 0 spiro atoms. The molecule has 176 valence electrons. The maximum atomic E-state index is 13.2. The van der Waals surface area contributed by atoms with Crippen molar-refractivity contribution in [3.8, 4) is 5.75 Å². The highest BCUT2D eigenvalue weighted by Gasteiger charge is 2.35. The Morgan fingerprint density at radius 2 is 1.69 bits per heavy atom. The summed E-state index contributed by atoms with van der Waals surface area (Å²) in [6.07, 6.45) is 2.69. The van der Waals surface area contributed by atoms with E-state index < -0.39 is 11.9 Å². The van der Waals surface area contributed by atoms with Crippen LogP contribution in [0.1, 0.15) is 61.7 Å². The molecule has 2 fully saturated rings. The fourth-order valence-corrected chi connectivity index (χ4v) is 4.08. The highest BCUT2D eigenvalue weighted by atomic mass is 19.3. The number of alkyl halides is 2. The second-order valence-electron chi connectivity index (χ2n) is 8.56. The van der Waals surface area contributed by atoms with Gasteiger partial charge in [-0.05, 0) is 56.4 Å². The lowest BCUT2D eigenvalue weighted by Crippen LogP contribution is -2.47.